The average Bonchev–Trinajstić information content (AvgIpc) is 2.87. The second-order valence-corrected chi connectivity index (χ2v) is 3.43. The van der Waals surface area contributed by atoms with E-state index < -0.39 is 0 Å². The van der Waals surface area contributed by atoms with Gasteiger partial charge in [-0.2, -0.15) is 0 Å². The fourth-order valence-electron chi connectivity index (χ4n) is 1.17. The summed E-state index contributed by atoms with van der Waals surface area (Å²) in [6.07, 6.45) is 3.12. The van der Waals surface area contributed by atoms with Gasteiger partial charge in [0.25, 0.3) is 0 Å². The molecule has 0 amide bonds. The van der Waals surface area contributed by atoms with Crippen molar-refractivity contribution in [2.24, 2.45) is 0 Å². The third-order valence-corrected chi connectivity index (χ3v) is 2.14. The van der Waals surface area contributed by atoms with Crippen LogP contribution in [0.15, 0.2) is 12.7 Å². The summed E-state index contributed by atoms with van der Waals surface area (Å²) in [6.45, 7) is 6.74. The fourth-order valence-corrected chi connectivity index (χ4v) is 1.17. The van der Waals surface area contributed by atoms with Crippen LogP contribution in [-0.4, -0.2) is 38.1 Å². The molecular weight excluding hydrogens is 156 g/mol. The Morgan fingerprint density at radius 3 is 2.92 bits per heavy atom. The van der Waals surface area contributed by atoms with E-state index in [2.05, 4.69) is 6.58 Å². The second-order valence-electron chi connectivity index (χ2n) is 3.43. The van der Waals surface area contributed by atoms with Crippen LogP contribution in [0.5, 0.6) is 0 Å². The summed E-state index contributed by atoms with van der Waals surface area (Å²) in [5.41, 5.74) is -0.0311. The van der Waals surface area contributed by atoms with Crippen molar-refractivity contribution in [2.45, 2.75) is 18.1 Å². The van der Waals surface area contributed by atoms with Gasteiger partial charge in [0.2, 0.25) is 0 Å². The maximum absolute atomic E-state index is 5.44. The molecule has 0 radical (unpaired) electrons. The predicted molar refractivity (Wildman–Crippen MR) is 44.1 cm³/mol. The summed E-state index contributed by atoms with van der Waals surface area (Å²) in [5.74, 6) is 0. The largest absolute Gasteiger partial charge is 0.376 e. The van der Waals surface area contributed by atoms with Crippen molar-refractivity contribution >= 4 is 0 Å². The van der Waals surface area contributed by atoms with E-state index in [9.17, 15) is 0 Å². The number of rotatable bonds is 6. The van der Waals surface area contributed by atoms with E-state index in [1.165, 1.54) is 0 Å². The van der Waals surface area contributed by atoms with Gasteiger partial charge < -0.3 is 14.2 Å². The average molecular weight is 170 g/mol. The van der Waals surface area contributed by atoms with Gasteiger partial charge in [0, 0.05) is 0 Å². The number of hydrogen-bond acceptors (Lipinski definition) is 3. The summed E-state index contributed by atoms with van der Waals surface area (Å²) in [6, 6.07) is 0. The Labute approximate surface area is 72.3 Å². The first kappa shape index (κ1) is 8.23. The van der Waals surface area contributed by atoms with Crippen molar-refractivity contribution < 1.29 is 14.2 Å². The number of ether oxygens (including phenoxy) is 3. The molecule has 2 unspecified atom stereocenters. The molecule has 0 spiro atoms. The van der Waals surface area contributed by atoms with E-state index in [0.29, 0.717) is 19.3 Å². The zero-order valence-electron chi connectivity index (χ0n) is 7.12. The minimum atomic E-state index is -0.0311. The monoisotopic (exact) mass is 170 g/mol. The lowest BCUT2D eigenvalue weighted by Gasteiger charge is -2.08. The molecule has 2 aliphatic heterocycles. The zero-order chi connectivity index (χ0) is 8.44. The van der Waals surface area contributed by atoms with Crippen LogP contribution in [0.25, 0.3) is 0 Å². The summed E-state index contributed by atoms with van der Waals surface area (Å²) >= 11 is 0. The highest BCUT2D eigenvalue weighted by Gasteiger charge is 2.44. The quantitative estimate of drug-likeness (QED) is 0.435. The molecule has 2 atom stereocenters. The van der Waals surface area contributed by atoms with Gasteiger partial charge in [-0.05, 0) is 6.42 Å². The van der Waals surface area contributed by atoms with Crippen LogP contribution in [0, 0.1) is 0 Å². The lowest BCUT2D eigenvalue weighted by atomic mass is 10.1. The standard InChI is InChI=1S/C9H14O3/c1-2-3-9(7-12-9)6-10-4-8-5-11-8/h2,8H,1,3-7H2. The third kappa shape index (κ3) is 2.06. The lowest BCUT2D eigenvalue weighted by Crippen LogP contribution is -2.20. The van der Waals surface area contributed by atoms with Gasteiger partial charge in [-0.3, -0.25) is 0 Å². The highest BCUT2D eigenvalue weighted by Crippen LogP contribution is 2.31. The first-order valence-corrected chi connectivity index (χ1v) is 4.29. The van der Waals surface area contributed by atoms with Gasteiger partial charge in [0.15, 0.2) is 0 Å². The van der Waals surface area contributed by atoms with Crippen LogP contribution in [0.2, 0.25) is 0 Å². The van der Waals surface area contributed by atoms with Crippen LogP contribution < -0.4 is 0 Å². The molecule has 68 valence electrons. The van der Waals surface area contributed by atoms with Gasteiger partial charge in [-0.25, -0.2) is 0 Å². The van der Waals surface area contributed by atoms with Gasteiger partial charge in [-0.15, -0.1) is 6.58 Å². The van der Waals surface area contributed by atoms with Gasteiger partial charge in [0.05, 0.1) is 26.4 Å². The summed E-state index contributed by atoms with van der Waals surface area (Å²) in [4.78, 5) is 0. The molecule has 2 saturated heterocycles. The van der Waals surface area contributed by atoms with Crippen molar-refractivity contribution in [1.29, 1.82) is 0 Å². The Balaban J connectivity index is 1.60. The molecule has 2 heterocycles. The molecule has 0 aliphatic carbocycles. The summed E-state index contributed by atoms with van der Waals surface area (Å²) in [5, 5.41) is 0. The molecule has 0 aromatic carbocycles. The molecule has 2 rings (SSSR count). The van der Waals surface area contributed by atoms with Crippen molar-refractivity contribution in [3.8, 4) is 0 Å². The van der Waals surface area contributed by atoms with E-state index in [-0.39, 0.29) is 5.60 Å². The molecule has 0 saturated carbocycles. The maximum Gasteiger partial charge on any atom is 0.118 e. The van der Waals surface area contributed by atoms with Crippen LogP contribution >= 0.6 is 0 Å². The maximum atomic E-state index is 5.44. The van der Waals surface area contributed by atoms with Crippen molar-refractivity contribution in [1.82, 2.24) is 0 Å². The SMILES string of the molecule is C=CCC1(COCC2CO2)CO1. The molecule has 2 fully saturated rings. The van der Waals surface area contributed by atoms with Crippen LogP contribution in [0.1, 0.15) is 6.42 Å². The highest BCUT2D eigenvalue weighted by molar-refractivity contribution is 4.97. The van der Waals surface area contributed by atoms with E-state index in [0.717, 1.165) is 19.6 Å². The minimum absolute atomic E-state index is 0.0311. The van der Waals surface area contributed by atoms with Crippen molar-refractivity contribution in [3.63, 3.8) is 0 Å². The normalized spacial score (nSPS) is 37.8. The Bertz CT molecular complexity index is 171. The molecule has 0 bridgehead atoms. The van der Waals surface area contributed by atoms with E-state index >= 15 is 0 Å². The first-order chi connectivity index (χ1) is 5.85. The molecular formula is C9H14O3. The molecule has 0 N–H and O–H groups in total. The fraction of sp³-hybridized carbons (Fsp3) is 0.778. The minimum Gasteiger partial charge on any atom is -0.376 e. The van der Waals surface area contributed by atoms with E-state index in [4.69, 9.17) is 14.2 Å². The van der Waals surface area contributed by atoms with Gasteiger partial charge in [0.1, 0.15) is 11.7 Å². The Morgan fingerprint density at radius 2 is 2.42 bits per heavy atom. The third-order valence-electron chi connectivity index (χ3n) is 2.14. The number of hydrogen-bond donors (Lipinski definition) is 0. The molecule has 12 heavy (non-hydrogen) atoms. The summed E-state index contributed by atoms with van der Waals surface area (Å²) in [7, 11) is 0. The highest BCUT2D eigenvalue weighted by atomic mass is 16.6. The van der Waals surface area contributed by atoms with Gasteiger partial charge >= 0.3 is 0 Å². The number of epoxide rings is 2. The Morgan fingerprint density at radius 1 is 1.67 bits per heavy atom. The molecule has 2 aliphatic rings. The Hall–Kier alpha value is -0.380. The van der Waals surface area contributed by atoms with Crippen molar-refractivity contribution in [2.75, 3.05) is 26.4 Å². The summed E-state index contributed by atoms with van der Waals surface area (Å²) < 4.78 is 15.8. The van der Waals surface area contributed by atoms with Crippen molar-refractivity contribution in [3.05, 3.63) is 12.7 Å². The lowest BCUT2D eigenvalue weighted by molar-refractivity contribution is 0.0689. The van der Waals surface area contributed by atoms with E-state index in [1.807, 2.05) is 6.08 Å². The molecule has 3 heteroatoms. The smallest absolute Gasteiger partial charge is 0.118 e. The Kier molecular flexibility index (Phi) is 2.17. The molecule has 3 nitrogen and oxygen atoms in total. The predicted octanol–water partition coefficient (Wildman–Crippen LogP) is 0.747. The molecule has 0 aromatic rings. The zero-order valence-corrected chi connectivity index (χ0v) is 7.12. The van der Waals surface area contributed by atoms with Gasteiger partial charge in [-0.1, -0.05) is 6.08 Å². The van der Waals surface area contributed by atoms with Crippen LogP contribution in [0.3, 0.4) is 0 Å². The first-order valence-electron chi connectivity index (χ1n) is 4.29. The van der Waals surface area contributed by atoms with Crippen LogP contribution in [-0.2, 0) is 14.2 Å². The topological polar surface area (TPSA) is 34.3 Å². The van der Waals surface area contributed by atoms with E-state index in [1.54, 1.807) is 0 Å². The van der Waals surface area contributed by atoms with Crippen LogP contribution in [0.4, 0.5) is 0 Å². The second kappa shape index (κ2) is 3.17. The molecule has 0 aromatic heterocycles.